The van der Waals surface area contributed by atoms with Crippen LogP contribution in [0.2, 0.25) is 0 Å². The molecule has 0 heterocycles. The van der Waals surface area contributed by atoms with Gasteiger partial charge in [-0.3, -0.25) is 5.32 Å². The molecule has 0 spiro atoms. The van der Waals surface area contributed by atoms with Crippen molar-refractivity contribution in [1.29, 1.82) is 0 Å². The van der Waals surface area contributed by atoms with Gasteiger partial charge in [-0.15, -0.1) is 0 Å². The van der Waals surface area contributed by atoms with Crippen molar-refractivity contribution in [3.8, 4) is 11.1 Å². The molecule has 0 radical (unpaired) electrons. The SMILES string of the molecule is OCCNCOC1c2ccccc2-c2ccccc21. The Balaban J connectivity index is 1.87. The van der Waals surface area contributed by atoms with Gasteiger partial charge >= 0.3 is 0 Å². The fraction of sp³-hybridized carbons (Fsp3) is 0.250. The van der Waals surface area contributed by atoms with Crippen LogP contribution in [0.5, 0.6) is 0 Å². The van der Waals surface area contributed by atoms with Crippen molar-refractivity contribution >= 4 is 0 Å². The van der Waals surface area contributed by atoms with Gasteiger partial charge in [0.15, 0.2) is 0 Å². The molecule has 1 aliphatic rings. The van der Waals surface area contributed by atoms with E-state index in [1.165, 1.54) is 22.3 Å². The van der Waals surface area contributed by atoms with E-state index in [1.54, 1.807) is 0 Å². The van der Waals surface area contributed by atoms with E-state index in [0.29, 0.717) is 13.3 Å². The molecule has 98 valence electrons. The molecule has 2 N–H and O–H groups in total. The van der Waals surface area contributed by atoms with Crippen molar-refractivity contribution in [1.82, 2.24) is 5.32 Å². The molecule has 0 saturated carbocycles. The first-order valence-electron chi connectivity index (χ1n) is 6.53. The predicted octanol–water partition coefficient (Wildman–Crippen LogP) is 2.31. The molecule has 0 unspecified atom stereocenters. The van der Waals surface area contributed by atoms with E-state index < -0.39 is 0 Å². The van der Waals surface area contributed by atoms with Crippen LogP contribution in [0.15, 0.2) is 48.5 Å². The maximum atomic E-state index is 8.76. The molecule has 0 amide bonds. The number of aliphatic hydroxyl groups is 1. The van der Waals surface area contributed by atoms with E-state index in [1.807, 2.05) is 12.1 Å². The second-order valence-electron chi connectivity index (χ2n) is 4.59. The quantitative estimate of drug-likeness (QED) is 0.636. The normalized spacial score (nSPS) is 13.3. The van der Waals surface area contributed by atoms with Gasteiger partial charge in [0.2, 0.25) is 0 Å². The van der Waals surface area contributed by atoms with Crippen LogP contribution in [0.1, 0.15) is 17.2 Å². The lowest BCUT2D eigenvalue weighted by molar-refractivity contribution is 0.0655. The zero-order chi connectivity index (χ0) is 13.1. The van der Waals surface area contributed by atoms with E-state index in [0.717, 1.165) is 0 Å². The molecule has 0 atom stereocenters. The summed E-state index contributed by atoms with van der Waals surface area (Å²) >= 11 is 0. The maximum Gasteiger partial charge on any atom is 0.111 e. The number of aliphatic hydroxyl groups excluding tert-OH is 1. The monoisotopic (exact) mass is 255 g/mol. The third-order valence-corrected chi connectivity index (χ3v) is 3.42. The minimum Gasteiger partial charge on any atom is -0.395 e. The fourth-order valence-corrected chi connectivity index (χ4v) is 2.58. The second kappa shape index (κ2) is 5.53. The Bertz CT molecular complexity index is 523. The average Bonchev–Trinajstić information content (AvgIpc) is 2.78. The van der Waals surface area contributed by atoms with Gasteiger partial charge < -0.3 is 9.84 Å². The highest BCUT2D eigenvalue weighted by atomic mass is 16.5. The summed E-state index contributed by atoms with van der Waals surface area (Å²) in [5.41, 5.74) is 4.94. The Kier molecular flexibility index (Phi) is 3.60. The third kappa shape index (κ3) is 2.28. The molecule has 1 aliphatic carbocycles. The summed E-state index contributed by atoms with van der Waals surface area (Å²) in [6, 6.07) is 16.7. The number of hydrogen-bond donors (Lipinski definition) is 2. The standard InChI is InChI=1S/C16H17NO2/c18-10-9-17-11-19-16-14-7-3-1-5-12(14)13-6-2-4-8-15(13)16/h1-8,16-18H,9-11H2. The fourth-order valence-electron chi connectivity index (χ4n) is 2.58. The smallest absolute Gasteiger partial charge is 0.111 e. The highest BCUT2D eigenvalue weighted by Crippen LogP contribution is 2.44. The molecule has 0 aliphatic heterocycles. The first kappa shape index (κ1) is 12.4. The number of hydrogen-bond acceptors (Lipinski definition) is 3. The van der Waals surface area contributed by atoms with Crippen molar-refractivity contribution in [3.63, 3.8) is 0 Å². The van der Waals surface area contributed by atoms with Gasteiger partial charge in [-0.2, -0.15) is 0 Å². The Labute approximate surface area is 112 Å². The summed E-state index contributed by atoms with van der Waals surface area (Å²) in [5.74, 6) is 0. The molecular weight excluding hydrogens is 238 g/mol. The highest BCUT2D eigenvalue weighted by Gasteiger charge is 2.28. The molecule has 3 rings (SSSR count). The van der Waals surface area contributed by atoms with Crippen LogP contribution in [0.4, 0.5) is 0 Å². The van der Waals surface area contributed by atoms with Crippen LogP contribution in [0.3, 0.4) is 0 Å². The molecule has 3 nitrogen and oxygen atoms in total. The molecule has 19 heavy (non-hydrogen) atoms. The predicted molar refractivity (Wildman–Crippen MR) is 74.8 cm³/mol. The van der Waals surface area contributed by atoms with Crippen molar-refractivity contribution in [2.45, 2.75) is 6.10 Å². The molecule has 0 bridgehead atoms. The van der Waals surface area contributed by atoms with Crippen LogP contribution < -0.4 is 5.32 Å². The van der Waals surface area contributed by atoms with Gasteiger partial charge in [0.25, 0.3) is 0 Å². The number of fused-ring (bicyclic) bond motifs is 3. The van der Waals surface area contributed by atoms with Crippen molar-refractivity contribution in [3.05, 3.63) is 59.7 Å². The van der Waals surface area contributed by atoms with Gasteiger partial charge in [-0.25, -0.2) is 0 Å². The molecule has 3 heteroatoms. The Morgan fingerprint density at radius 1 is 0.947 bits per heavy atom. The van der Waals surface area contributed by atoms with Gasteiger partial charge in [-0.05, 0) is 22.3 Å². The van der Waals surface area contributed by atoms with Gasteiger partial charge in [0, 0.05) is 6.54 Å². The second-order valence-corrected chi connectivity index (χ2v) is 4.59. The molecule has 0 fully saturated rings. The summed E-state index contributed by atoms with van der Waals surface area (Å²) in [6.45, 7) is 1.12. The lowest BCUT2D eigenvalue weighted by atomic mass is 10.1. The van der Waals surface area contributed by atoms with E-state index >= 15 is 0 Å². The Morgan fingerprint density at radius 2 is 1.53 bits per heavy atom. The molecule has 0 aromatic heterocycles. The lowest BCUT2D eigenvalue weighted by Gasteiger charge is -2.15. The zero-order valence-electron chi connectivity index (χ0n) is 10.7. The minimum atomic E-state index is -0.0152. The average molecular weight is 255 g/mol. The van der Waals surface area contributed by atoms with Crippen LogP contribution in [0, 0.1) is 0 Å². The van der Waals surface area contributed by atoms with Crippen molar-refractivity contribution < 1.29 is 9.84 Å². The van der Waals surface area contributed by atoms with E-state index in [2.05, 4.69) is 41.7 Å². The van der Waals surface area contributed by atoms with E-state index in [-0.39, 0.29) is 12.7 Å². The van der Waals surface area contributed by atoms with Crippen molar-refractivity contribution in [2.75, 3.05) is 19.9 Å². The molecule has 2 aromatic rings. The first-order valence-corrected chi connectivity index (χ1v) is 6.53. The Morgan fingerprint density at radius 3 is 2.11 bits per heavy atom. The number of ether oxygens (including phenoxy) is 1. The number of nitrogens with one attached hydrogen (secondary N) is 1. The largest absolute Gasteiger partial charge is 0.395 e. The van der Waals surface area contributed by atoms with Gasteiger partial charge in [0.05, 0.1) is 13.3 Å². The topological polar surface area (TPSA) is 41.5 Å². The third-order valence-electron chi connectivity index (χ3n) is 3.42. The van der Waals surface area contributed by atoms with Crippen LogP contribution in [-0.2, 0) is 4.74 Å². The zero-order valence-corrected chi connectivity index (χ0v) is 10.7. The first-order chi connectivity index (χ1) is 9.42. The van der Waals surface area contributed by atoms with Gasteiger partial charge in [0.1, 0.15) is 6.10 Å². The summed E-state index contributed by atoms with van der Waals surface area (Å²) < 4.78 is 5.94. The summed E-state index contributed by atoms with van der Waals surface area (Å²) in [4.78, 5) is 0. The lowest BCUT2D eigenvalue weighted by Crippen LogP contribution is -2.22. The number of rotatable bonds is 5. The summed E-state index contributed by atoms with van der Waals surface area (Å²) in [7, 11) is 0. The minimum absolute atomic E-state index is 0.0152. The Hall–Kier alpha value is -1.68. The number of benzene rings is 2. The molecule has 0 saturated heterocycles. The van der Waals surface area contributed by atoms with E-state index in [9.17, 15) is 0 Å². The highest BCUT2D eigenvalue weighted by molar-refractivity contribution is 5.77. The summed E-state index contributed by atoms with van der Waals surface area (Å²) in [5, 5.41) is 11.8. The van der Waals surface area contributed by atoms with Gasteiger partial charge in [-0.1, -0.05) is 48.5 Å². The van der Waals surface area contributed by atoms with Crippen LogP contribution in [0.25, 0.3) is 11.1 Å². The van der Waals surface area contributed by atoms with E-state index in [4.69, 9.17) is 9.84 Å². The van der Waals surface area contributed by atoms with Crippen LogP contribution >= 0.6 is 0 Å². The van der Waals surface area contributed by atoms with Crippen LogP contribution in [-0.4, -0.2) is 25.0 Å². The molecule has 2 aromatic carbocycles. The maximum absolute atomic E-state index is 8.76. The summed E-state index contributed by atoms with van der Waals surface area (Å²) in [6.07, 6.45) is -0.0152. The molecular formula is C16H17NO2. The van der Waals surface area contributed by atoms with Crippen molar-refractivity contribution in [2.24, 2.45) is 0 Å².